The van der Waals surface area contributed by atoms with Crippen molar-refractivity contribution in [3.63, 3.8) is 0 Å². The first-order chi connectivity index (χ1) is 14.8. The number of hydrogen-bond donors (Lipinski definition) is 3. The van der Waals surface area contributed by atoms with E-state index >= 15 is 4.39 Å². The van der Waals surface area contributed by atoms with Crippen LogP contribution in [0.25, 0.3) is 21.3 Å². The maximum atomic E-state index is 15.7. The standard InChI is InChI=1S/C22H25FN4O3S/c1-9(24)11-4-3-5-13-12(11)8-14(31-13)15-17(23)18(25)16-19(20(15)30-2)27(10-6-7-10)22(29)26-21(16)28/h8-11H,3-7,24-25H2,1-2H3,(H,26,28,29). The van der Waals surface area contributed by atoms with Crippen molar-refractivity contribution >= 4 is 27.9 Å². The van der Waals surface area contributed by atoms with E-state index in [1.54, 1.807) is 0 Å². The van der Waals surface area contributed by atoms with Crippen molar-refractivity contribution in [3.8, 4) is 16.2 Å². The first kappa shape index (κ1) is 20.3. The lowest BCUT2D eigenvalue weighted by Crippen LogP contribution is -2.31. The summed E-state index contributed by atoms with van der Waals surface area (Å²) in [5.41, 5.74) is 12.5. The molecule has 0 amide bonds. The highest BCUT2D eigenvalue weighted by Crippen LogP contribution is 2.49. The van der Waals surface area contributed by atoms with Crippen LogP contribution in [-0.4, -0.2) is 22.7 Å². The third-order valence-electron chi connectivity index (χ3n) is 6.47. The summed E-state index contributed by atoms with van der Waals surface area (Å²) in [6.45, 7) is 1.99. The van der Waals surface area contributed by atoms with E-state index < -0.39 is 17.1 Å². The van der Waals surface area contributed by atoms with E-state index in [1.807, 2.05) is 13.0 Å². The second kappa shape index (κ2) is 7.20. The summed E-state index contributed by atoms with van der Waals surface area (Å²) in [6, 6.07) is 1.91. The number of H-pyrrole nitrogens is 1. The second-order valence-corrected chi connectivity index (χ2v) is 9.70. The van der Waals surface area contributed by atoms with Crippen LogP contribution in [0.1, 0.15) is 55.0 Å². The number of methoxy groups -OCH3 is 1. The molecule has 7 nitrogen and oxygen atoms in total. The van der Waals surface area contributed by atoms with Crippen molar-refractivity contribution in [1.29, 1.82) is 0 Å². The van der Waals surface area contributed by atoms with Gasteiger partial charge in [0.2, 0.25) is 0 Å². The van der Waals surface area contributed by atoms with Crippen LogP contribution in [0.5, 0.6) is 5.75 Å². The number of anilines is 1. The highest BCUT2D eigenvalue weighted by atomic mass is 32.1. The highest BCUT2D eigenvalue weighted by molar-refractivity contribution is 7.15. The molecule has 5 N–H and O–H groups in total. The Hall–Kier alpha value is -2.65. The maximum absolute atomic E-state index is 15.7. The number of nitrogens with zero attached hydrogens (tertiary/aromatic N) is 1. The number of aromatic nitrogens is 2. The van der Waals surface area contributed by atoms with Gasteiger partial charge in [0.05, 0.1) is 23.7 Å². The summed E-state index contributed by atoms with van der Waals surface area (Å²) in [6.07, 6.45) is 4.56. The predicted molar refractivity (Wildman–Crippen MR) is 121 cm³/mol. The Morgan fingerprint density at radius 3 is 2.71 bits per heavy atom. The minimum atomic E-state index is -0.708. The summed E-state index contributed by atoms with van der Waals surface area (Å²) in [5.74, 6) is -0.312. The van der Waals surface area contributed by atoms with Crippen LogP contribution in [0.3, 0.4) is 0 Å². The molecular weight excluding hydrogens is 419 g/mol. The molecule has 5 rings (SSSR count). The zero-order valence-corrected chi connectivity index (χ0v) is 18.3. The number of nitrogens with two attached hydrogens (primary N) is 2. The number of halogens is 1. The quantitative estimate of drug-likeness (QED) is 0.534. The van der Waals surface area contributed by atoms with Crippen molar-refractivity contribution in [1.82, 2.24) is 9.55 Å². The molecule has 0 bridgehead atoms. The summed E-state index contributed by atoms with van der Waals surface area (Å²) >= 11 is 1.50. The number of rotatable bonds is 4. The van der Waals surface area contributed by atoms with Crippen LogP contribution >= 0.6 is 11.3 Å². The van der Waals surface area contributed by atoms with Gasteiger partial charge in [-0.15, -0.1) is 11.3 Å². The molecule has 0 radical (unpaired) electrons. The molecular formula is C22H25FN4O3S. The van der Waals surface area contributed by atoms with Crippen molar-refractivity contribution in [2.45, 2.75) is 57.0 Å². The Bertz CT molecular complexity index is 1320. The van der Waals surface area contributed by atoms with Crippen LogP contribution in [0.2, 0.25) is 0 Å². The van der Waals surface area contributed by atoms with Crippen LogP contribution < -0.4 is 27.5 Å². The zero-order chi connectivity index (χ0) is 22.0. The van der Waals surface area contributed by atoms with E-state index in [-0.39, 0.29) is 45.9 Å². The van der Waals surface area contributed by atoms with Crippen LogP contribution in [0.4, 0.5) is 10.1 Å². The van der Waals surface area contributed by atoms with Gasteiger partial charge in [-0.25, -0.2) is 9.18 Å². The molecule has 31 heavy (non-hydrogen) atoms. The molecule has 0 aliphatic heterocycles. The number of benzene rings is 1. The molecule has 3 aromatic rings. The Morgan fingerprint density at radius 1 is 1.32 bits per heavy atom. The number of nitrogens with one attached hydrogen (secondary N) is 1. The number of aryl methyl sites for hydroxylation is 1. The molecule has 164 valence electrons. The number of thiophene rings is 1. The van der Waals surface area contributed by atoms with Crippen LogP contribution in [-0.2, 0) is 6.42 Å². The molecule has 1 aromatic carbocycles. The molecule has 2 atom stereocenters. The topological polar surface area (TPSA) is 116 Å². The van der Waals surface area contributed by atoms with Crippen molar-refractivity contribution < 1.29 is 9.13 Å². The first-order valence-electron chi connectivity index (χ1n) is 10.6. The van der Waals surface area contributed by atoms with E-state index in [9.17, 15) is 9.59 Å². The van der Waals surface area contributed by atoms with Gasteiger partial charge in [-0.05, 0) is 56.6 Å². The van der Waals surface area contributed by atoms with Crippen molar-refractivity contribution in [2.24, 2.45) is 5.73 Å². The molecule has 2 heterocycles. The Kier molecular flexibility index (Phi) is 4.71. The van der Waals surface area contributed by atoms with Gasteiger partial charge in [0, 0.05) is 21.8 Å². The molecule has 2 unspecified atom stereocenters. The predicted octanol–water partition coefficient (Wildman–Crippen LogP) is 3.25. The number of ether oxygens (including phenoxy) is 1. The Balaban J connectivity index is 1.85. The maximum Gasteiger partial charge on any atom is 0.329 e. The van der Waals surface area contributed by atoms with E-state index in [0.29, 0.717) is 4.88 Å². The Labute approximate surface area is 181 Å². The van der Waals surface area contributed by atoms with Crippen LogP contribution in [0.15, 0.2) is 15.7 Å². The van der Waals surface area contributed by atoms with Gasteiger partial charge < -0.3 is 16.2 Å². The SMILES string of the molecule is COc1c(-c2cc3c(s2)CCCC3C(C)N)c(F)c(N)c2c(=O)[nH]c(=O)n(C3CC3)c12. The van der Waals surface area contributed by atoms with E-state index in [4.69, 9.17) is 16.2 Å². The number of hydrogen-bond acceptors (Lipinski definition) is 6. The number of aromatic amines is 1. The molecule has 2 aromatic heterocycles. The van der Waals surface area contributed by atoms with E-state index in [2.05, 4.69) is 4.98 Å². The lowest BCUT2D eigenvalue weighted by molar-refractivity contribution is 0.415. The fourth-order valence-electron chi connectivity index (χ4n) is 4.84. The van der Waals surface area contributed by atoms with E-state index in [0.717, 1.165) is 37.7 Å². The highest BCUT2D eigenvalue weighted by Gasteiger charge is 2.33. The molecule has 2 aliphatic rings. The van der Waals surface area contributed by atoms with Gasteiger partial charge in [-0.3, -0.25) is 14.3 Å². The van der Waals surface area contributed by atoms with Gasteiger partial charge in [0.25, 0.3) is 5.56 Å². The summed E-state index contributed by atoms with van der Waals surface area (Å²) in [4.78, 5) is 29.4. The lowest BCUT2D eigenvalue weighted by Gasteiger charge is -2.25. The molecule has 1 fully saturated rings. The summed E-state index contributed by atoms with van der Waals surface area (Å²) in [5, 5.41) is -0.0422. The number of nitrogen functional groups attached to an aromatic ring is 1. The summed E-state index contributed by atoms with van der Waals surface area (Å²) < 4.78 is 22.8. The fourth-order valence-corrected chi connectivity index (χ4v) is 6.15. The average Bonchev–Trinajstić information content (AvgIpc) is 3.46. The molecule has 0 spiro atoms. The number of fused-ring (bicyclic) bond motifs is 2. The molecule has 9 heteroatoms. The van der Waals surface area contributed by atoms with Gasteiger partial charge >= 0.3 is 5.69 Å². The van der Waals surface area contributed by atoms with Gasteiger partial charge in [0.15, 0.2) is 11.6 Å². The van der Waals surface area contributed by atoms with Crippen LogP contribution in [0, 0.1) is 5.82 Å². The molecule has 2 aliphatic carbocycles. The van der Waals surface area contributed by atoms with Gasteiger partial charge in [-0.1, -0.05) is 0 Å². The average molecular weight is 445 g/mol. The smallest absolute Gasteiger partial charge is 0.329 e. The van der Waals surface area contributed by atoms with Gasteiger partial charge in [0.1, 0.15) is 5.52 Å². The molecule has 1 saturated carbocycles. The first-order valence-corrected chi connectivity index (χ1v) is 11.4. The monoisotopic (exact) mass is 444 g/mol. The normalized spacial score (nSPS) is 19.4. The minimum Gasteiger partial charge on any atom is -0.494 e. The third kappa shape index (κ3) is 3.02. The zero-order valence-electron chi connectivity index (χ0n) is 17.5. The van der Waals surface area contributed by atoms with E-state index in [1.165, 1.54) is 27.9 Å². The minimum absolute atomic E-state index is 0.00600. The second-order valence-electron chi connectivity index (χ2n) is 8.57. The lowest BCUT2D eigenvalue weighted by atomic mass is 9.83. The Morgan fingerprint density at radius 2 is 2.06 bits per heavy atom. The molecule has 0 saturated heterocycles. The van der Waals surface area contributed by atoms with Crippen molar-refractivity contribution in [3.05, 3.63) is 43.2 Å². The summed E-state index contributed by atoms with van der Waals surface area (Å²) in [7, 11) is 1.43. The fraction of sp³-hybridized carbons (Fsp3) is 0.455. The van der Waals surface area contributed by atoms with Crippen molar-refractivity contribution in [2.75, 3.05) is 12.8 Å². The largest absolute Gasteiger partial charge is 0.494 e. The van der Waals surface area contributed by atoms with Gasteiger partial charge in [-0.2, -0.15) is 0 Å². The third-order valence-corrected chi connectivity index (χ3v) is 7.70.